The average Bonchev–Trinajstić information content (AvgIpc) is 2.39. The number of nitrogens with one attached hydrogen (secondary N) is 1. The van der Waals surface area contributed by atoms with Crippen molar-refractivity contribution in [3.63, 3.8) is 0 Å². The molecule has 0 aliphatic carbocycles. The number of rotatable bonds is 4. The highest BCUT2D eigenvalue weighted by molar-refractivity contribution is 9.10. The molecule has 0 unspecified atom stereocenters. The van der Waals surface area contributed by atoms with Crippen molar-refractivity contribution in [3.05, 3.63) is 57.1 Å². The summed E-state index contributed by atoms with van der Waals surface area (Å²) >= 11 is 3.45. The van der Waals surface area contributed by atoms with Crippen molar-refractivity contribution in [3.8, 4) is 5.75 Å². The van der Waals surface area contributed by atoms with Crippen LogP contribution in [0, 0.1) is 27.7 Å². The van der Waals surface area contributed by atoms with E-state index in [9.17, 15) is 4.79 Å². The first-order valence-corrected chi connectivity index (χ1v) is 7.92. The van der Waals surface area contributed by atoms with Gasteiger partial charge in [-0.25, -0.2) is 0 Å². The fraction of sp³-hybridized carbons (Fsp3) is 0.278. The molecule has 0 heterocycles. The Labute approximate surface area is 139 Å². The van der Waals surface area contributed by atoms with Crippen LogP contribution in [0.2, 0.25) is 0 Å². The predicted molar refractivity (Wildman–Crippen MR) is 93.7 cm³/mol. The van der Waals surface area contributed by atoms with Crippen LogP contribution in [0.4, 0.5) is 5.69 Å². The van der Waals surface area contributed by atoms with Crippen molar-refractivity contribution in [1.82, 2.24) is 0 Å². The van der Waals surface area contributed by atoms with Crippen LogP contribution in [0.15, 0.2) is 34.8 Å². The Morgan fingerprint density at radius 3 is 2.09 bits per heavy atom. The van der Waals surface area contributed by atoms with E-state index in [1.54, 1.807) is 0 Å². The van der Waals surface area contributed by atoms with Crippen molar-refractivity contribution in [2.45, 2.75) is 27.7 Å². The summed E-state index contributed by atoms with van der Waals surface area (Å²) in [7, 11) is 0. The van der Waals surface area contributed by atoms with E-state index < -0.39 is 0 Å². The Morgan fingerprint density at radius 2 is 1.55 bits per heavy atom. The second-order valence-corrected chi connectivity index (χ2v) is 6.49. The van der Waals surface area contributed by atoms with Crippen LogP contribution in [-0.4, -0.2) is 12.5 Å². The lowest BCUT2D eigenvalue weighted by molar-refractivity contribution is -0.118. The zero-order valence-electron chi connectivity index (χ0n) is 13.3. The number of aryl methyl sites for hydroxylation is 4. The van der Waals surface area contributed by atoms with Gasteiger partial charge < -0.3 is 10.1 Å². The summed E-state index contributed by atoms with van der Waals surface area (Å²) in [5.74, 6) is 0.560. The first-order valence-electron chi connectivity index (χ1n) is 7.13. The lowest BCUT2D eigenvalue weighted by atomic mass is 10.1. The third-order valence-corrected chi connectivity index (χ3v) is 3.78. The molecule has 0 bridgehead atoms. The van der Waals surface area contributed by atoms with Gasteiger partial charge in [0, 0.05) is 10.2 Å². The molecule has 2 aromatic rings. The van der Waals surface area contributed by atoms with Gasteiger partial charge in [-0.1, -0.05) is 22.0 Å². The van der Waals surface area contributed by atoms with Crippen LogP contribution >= 0.6 is 15.9 Å². The van der Waals surface area contributed by atoms with Gasteiger partial charge in [0.05, 0.1) is 0 Å². The Hall–Kier alpha value is -1.81. The number of carbonyl (C=O) groups excluding carboxylic acids is 1. The van der Waals surface area contributed by atoms with Crippen LogP contribution in [0.3, 0.4) is 0 Å². The van der Waals surface area contributed by atoms with E-state index in [1.807, 2.05) is 52.0 Å². The maximum Gasteiger partial charge on any atom is 0.262 e. The number of hydrogen-bond donors (Lipinski definition) is 1. The van der Waals surface area contributed by atoms with E-state index in [0.29, 0.717) is 0 Å². The van der Waals surface area contributed by atoms with Gasteiger partial charge in [-0.2, -0.15) is 0 Å². The number of amides is 1. The summed E-state index contributed by atoms with van der Waals surface area (Å²) in [6.45, 7) is 7.96. The summed E-state index contributed by atoms with van der Waals surface area (Å²) in [6, 6.07) is 9.88. The number of carbonyl (C=O) groups is 1. The fourth-order valence-electron chi connectivity index (χ4n) is 2.45. The minimum Gasteiger partial charge on any atom is -0.484 e. The minimum atomic E-state index is -0.160. The monoisotopic (exact) mass is 361 g/mol. The highest BCUT2D eigenvalue weighted by Gasteiger charge is 2.09. The summed E-state index contributed by atoms with van der Waals surface area (Å²) in [5.41, 5.74) is 5.13. The number of hydrogen-bond acceptors (Lipinski definition) is 2. The van der Waals surface area contributed by atoms with Gasteiger partial charge in [-0.15, -0.1) is 0 Å². The zero-order chi connectivity index (χ0) is 16.3. The first-order chi connectivity index (χ1) is 10.3. The maximum atomic E-state index is 12.1. The molecule has 116 valence electrons. The molecule has 3 nitrogen and oxygen atoms in total. The molecule has 22 heavy (non-hydrogen) atoms. The number of benzene rings is 2. The van der Waals surface area contributed by atoms with Gasteiger partial charge in [0.15, 0.2) is 6.61 Å². The zero-order valence-corrected chi connectivity index (χ0v) is 14.9. The normalized spacial score (nSPS) is 10.4. The van der Waals surface area contributed by atoms with Crippen molar-refractivity contribution in [1.29, 1.82) is 0 Å². The molecular weight excluding hydrogens is 342 g/mol. The van der Waals surface area contributed by atoms with Crippen molar-refractivity contribution in [2.75, 3.05) is 11.9 Å². The number of ether oxygens (including phenoxy) is 1. The molecule has 1 N–H and O–H groups in total. The largest absolute Gasteiger partial charge is 0.484 e. The van der Waals surface area contributed by atoms with Gasteiger partial charge in [0.2, 0.25) is 0 Å². The fourth-order valence-corrected chi connectivity index (χ4v) is 3.14. The topological polar surface area (TPSA) is 38.3 Å². The minimum absolute atomic E-state index is 0.00215. The van der Waals surface area contributed by atoms with Gasteiger partial charge in [0.1, 0.15) is 5.75 Å². The van der Waals surface area contributed by atoms with Crippen LogP contribution in [-0.2, 0) is 4.79 Å². The van der Waals surface area contributed by atoms with Crippen molar-refractivity contribution < 1.29 is 9.53 Å². The quantitative estimate of drug-likeness (QED) is 0.856. The van der Waals surface area contributed by atoms with Gasteiger partial charge in [0.25, 0.3) is 5.91 Å². The lowest BCUT2D eigenvalue weighted by Gasteiger charge is -2.13. The molecule has 1 amide bonds. The van der Waals surface area contributed by atoms with Crippen molar-refractivity contribution >= 4 is 27.5 Å². The molecule has 0 saturated heterocycles. The summed E-state index contributed by atoms with van der Waals surface area (Å²) in [5, 5.41) is 2.92. The molecule has 0 aliphatic rings. The van der Waals surface area contributed by atoms with Crippen LogP contribution in [0.5, 0.6) is 5.75 Å². The van der Waals surface area contributed by atoms with Crippen LogP contribution < -0.4 is 10.1 Å². The SMILES string of the molecule is Cc1cc(C)cc(OCC(=O)Nc2c(C)cc(Br)cc2C)c1. The maximum absolute atomic E-state index is 12.1. The molecule has 0 radical (unpaired) electrons. The van der Waals surface area contributed by atoms with E-state index in [1.165, 1.54) is 0 Å². The molecule has 4 heteroatoms. The second-order valence-electron chi connectivity index (χ2n) is 5.57. The van der Waals surface area contributed by atoms with Gasteiger partial charge in [-0.05, 0) is 74.2 Å². The molecule has 0 saturated carbocycles. The molecule has 2 rings (SSSR count). The highest BCUT2D eigenvalue weighted by Crippen LogP contribution is 2.25. The number of anilines is 1. The van der Waals surface area contributed by atoms with Gasteiger partial charge in [-0.3, -0.25) is 4.79 Å². The molecule has 0 atom stereocenters. The Balaban J connectivity index is 2.02. The standard InChI is InChI=1S/C18H20BrNO2/c1-11-5-12(2)7-16(6-11)22-10-17(21)20-18-13(3)8-15(19)9-14(18)4/h5-9H,10H2,1-4H3,(H,20,21). The molecule has 0 spiro atoms. The van der Waals surface area contributed by atoms with Crippen LogP contribution in [0.1, 0.15) is 22.3 Å². The Kier molecular flexibility index (Phi) is 5.24. The summed E-state index contributed by atoms with van der Waals surface area (Å²) < 4.78 is 6.59. The smallest absolute Gasteiger partial charge is 0.262 e. The van der Waals surface area contributed by atoms with Crippen LogP contribution in [0.25, 0.3) is 0 Å². The predicted octanol–water partition coefficient (Wildman–Crippen LogP) is 4.70. The lowest BCUT2D eigenvalue weighted by Crippen LogP contribution is -2.21. The third kappa shape index (κ3) is 4.34. The van der Waals surface area contributed by atoms with E-state index in [4.69, 9.17) is 4.74 Å². The Bertz CT molecular complexity index is 667. The van der Waals surface area contributed by atoms with Gasteiger partial charge >= 0.3 is 0 Å². The summed E-state index contributed by atoms with van der Waals surface area (Å²) in [6.07, 6.45) is 0. The van der Waals surface area contributed by atoms with E-state index in [0.717, 1.165) is 38.2 Å². The number of halogens is 1. The molecule has 0 aromatic heterocycles. The van der Waals surface area contributed by atoms with E-state index in [-0.39, 0.29) is 12.5 Å². The van der Waals surface area contributed by atoms with E-state index in [2.05, 4.69) is 27.3 Å². The highest BCUT2D eigenvalue weighted by atomic mass is 79.9. The second kappa shape index (κ2) is 6.97. The molecular formula is C18H20BrNO2. The third-order valence-electron chi connectivity index (χ3n) is 3.33. The summed E-state index contributed by atoms with van der Waals surface area (Å²) in [4.78, 5) is 12.1. The van der Waals surface area contributed by atoms with E-state index >= 15 is 0 Å². The van der Waals surface area contributed by atoms with Crippen molar-refractivity contribution in [2.24, 2.45) is 0 Å². The molecule has 2 aromatic carbocycles. The average molecular weight is 362 g/mol. The Morgan fingerprint density at radius 1 is 1.00 bits per heavy atom. The molecule has 0 fully saturated rings. The molecule has 0 aliphatic heterocycles. The first kappa shape index (κ1) is 16.6.